The molecule has 10 nitrogen and oxygen atoms in total. The van der Waals surface area contributed by atoms with Gasteiger partial charge >= 0.3 is 0 Å². The van der Waals surface area contributed by atoms with Crippen molar-refractivity contribution in [3.8, 4) is 5.75 Å². The summed E-state index contributed by atoms with van der Waals surface area (Å²) >= 11 is 0. The molecule has 0 saturated carbocycles. The van der Waals surface area contributed by atoms with Crippen LogP contribution in [0.4, 0.5) is 5.69 Å². The Morgan fingerprint density at radius 1 is 1.14 bits per heavy atom. The third-order valence-corrected chi connectivity index (χ3v) is 6.59. The molecule has 2 aromatic rings. The number of nitro groups is 1. The number of ketones is 1. The molecule has 10 heteroatoms. The number of hydrogen-bond acceptors (Lipinski definition) is 8. The van der Waals surface area contributed by atoms with Gasteiger partial charge in [0, 0.05) is 43.9 Å². The second kappa shape index (κ2) is 12.0. The number of likely N-dealkylation sites (tertiary alicyclic amines) is 1. The third-order valence-electron chi connectivity index (χ3n) is 6.59. The molecule has 2 fully saturated rings. The van der Waals surface area contributed by atoms with Crippen LogP contribution in [0.1, 0.15) is 36.9 Å². The molecule has 196 valence electrons. The quantitative estimate of drug-likeness (QED) is 0.129. The summed E-state index contributed by atoms with van der Waals surface area (Å²) in [6.07, 6.45) is 1.85. The van der Waals surface area contributed by atoms with Crippen LogP contribution in [0.3, 0.4) is 0 Å². The maximum absolute atomic E-state index is 13.3. The van der Waals surface area contributed by atoms with Gasteiger partial charge in [0.15, 0.2) is 0 Å². The van der Waals surface area contributed by atoms with E-state index in [1.54, 1.807) is 24.3 Å². The molecule has 2 heterocycles. The molecule has 0 bridgehead atoms. The van der Waals surface area contributed by atoms with E-state index in [9.17, 15) is 24.8 Å². The standard InChI is InChI=1S/C27H31N3O7/c1-2-3-15-37-22-6-4-5-20(18-22)25(31)23-24(19-7-9-21(10-8-19)30(34)35)29(27(33)26(23)32)12-11-28-13-16-36-17-14-28/h4-10,18,24,31H,2-3,11-17H2,1H3. The predicted molar refractivity (Wildman–Crippen MR) is 136 cm³/mol. The molecule has 1 atom stereocenters. The molecule has 2 aliphatic rings. The number of unbranched alkanes of at least 4 members (excludes halogenated alkanes) is 1. The van der Waals surface area contributed by atoms with E-state index in [-0.39, 0.29) is 23.6 Å². The van der Waals surface area contributed by atoms with Gasteiger partial charge in [0.2, 0.25) is 0 Å². The van der Waals surface area contributed by atoms with Crippen LogP contribution in [-0.2, 0) is 14.3 Å². The van der Waals surface area contributed by atoms with E-state index in [2.05, 4.69) is 11.8 Å². The normalized spacial score (nSPS) is 19.8. The minimum absolute atomic E-state index is 0.0495. The number of non-ortho nitro benzene ring substituents is 1. The number of aliphatic hydroxyl groups excluding tert-OH is 1. The summed E-state index contributed by atoms with van der Waals surface area (Å²) in [6.45, 7) is 6.00. The number of benzene rings is 2. The molecule has 0 radical (unpaired) electrons. The lowest BCUT2D eigenvalue weighted by Crippen LogP contribution is -2.42. The fourth-order valence-electron chi connectivity index (χ4n) is 4.53. The number of ether oxygens (including phenoxy) is 2. The Morgan fingerprint density at radius 2 is 1.86 bits per heavy atom. The number of nitro benzene ring substituents is 1. The van der Waals surface area contributed by atoms with Crippen LogP contribution in [0.5, 0.6) is 5.75 Å². The first kappa shape index (κ1) is 26.3. The molecule has 2 aromatic carbocycles. The van der Waals surface area contributed by atoms with Gasteiger partial charge in [0.1, 0.15) is 11.5 Å². The molecule has 1 N–H and O–H groups in total. The molecule has 1 unspecified atom stereocenters. The van der Waals surface area contributed by atoms with Crippen molar-refractivity contribution < 1.29 is 29.1 Å². The zero-order valence-corrected chi connectivity index (χ0v) is 20.8. The molecule has 0 spiro atoms. The van der Waals surface area contributed by atoms with Crippen LogP contribution in [0.2, 0.25) is 0 Å². The zero-order valence-electron chi connectivity index (χ0n) is 20.8. The third kappa shape index (κ3) is 5.98. The number of carbonyl (C=O) groups is 2. The summed E-state index contributed by atoms with van der Waals surface area (Å²) in [5.74, 6) is -1.27. The molecule has 0 aliphatic carbocycles. The molecule has 1 amide bonds. The summed E-state index contributed by atoms with van der Waals surface area (Å²) in [7, 11) is 0. The predicted octanol–water partition coefficient (Wildman–Crippen LogP) is 3.53. The Labute approximate surface area is 215 Å². The Balaban J connectivity index is 1.71. The average Bonchev–Trinajstić information content (AvgIpc) is 3.17. The Morgan fingerprint density at radius 3 is 2.54 bits per heavy atom. The molecular weight excluding hydrogens is 478 g/mol. The summed E-state index contributed by atoms with van der Waals surface area (Å²) in [6, 6.07) is 11.6. The second-order valence-corrected chi connectivity index (χ2v) is 9.02. The highest BCUT2D eigenvalue weighted by molar-refractivity contribution is 6.46. The number of amides is 1. The van der Waals surface area contributed by atoms with Crippen molar-refractivity contribution in [3.05, 3.63) is 75.3 Å². The van der Waals surface area contributed by atoms with E-state index < -0.39 is 22.7 Å². The molecule has 2 saturated heterocycles. The van der Waals surface area contributed by atoms with Crippen molar-refractivity contribution in [2.24, 2.45) is 0 Å². The average molecular weight is 510 g/mol. The molecule has 4 rings (SSSR count). The van der Waals surface area contributed by atoms with Crippen molar-refractivity contribution in [2.75, 3.05) is 46.0 Å². The van der Waals surface area contributed by atoms with Crippen LogP contribution in [0, 0.1) is 10.1 Å². The summed E-state index contributed by atoms with van der Waals surface area (Å²) < 4.78 is 11.1. The number of carbonyl (C=O) groups excluding carboxylic acids is 2. The molecule has 2 aliphatic heterocycles. The summed E-state index contributed by atoms with van der Waals surface area (Å²) in [5, 5.41) is 22.5. The lowest BCUT2D eigenvalue weighted by atomic mass is 9.95. The van der Waals surface area contributed by atoms with Crippen LogP contribution >= 0.6 is 0 Å². The first-order valence-corrected chi connectivity index (χ1v) is 12.5. The van der Waals surface area contributed by atoms with E-state index >= 15 is 0 Å². The van der Waals surface area contributed by atoms with Crippen molar-refractivity contribution in [2.45, 2.75) is 25.8 Å². The second-order valence-electron chi connectivity index (χ2n) is 9.02. The first-order valence-electron chi connectivity index (χ1n) is 12.5. The van der Waals surface area contributed by atoms with Gasteiger partial charge < -0.3 is 19.5 Å². The van der Waals surface area contributed by atoms with E-state index in [0.717, 1.165) is 25.9 Å². The van der Waals surface area contributed by atoms with Crippen LogP contribution in [0.25, 0.3) is 5.76 Å². The Hall–Kier alpha value is -3.76. The van der Waals surface area contributed by atoms with E-state index in [0.29, 0.717) is 43.2 Å². The zero-order chi connectivity index (χ0) is 26.4. The maximum atomic E-state index is 13.3. The number of hydrogen-bond donors (Lipinski definition) is 1. The van der Waals surface area contributed by atoms with Gasteiger partial charge in [-0.15, -0.1) is 0 Å². The summed E-state index contributed by atoms with van der Waals surface area (Å²) in [5.41, 5.74) is 0.702. The highest BCUT2D eigenvalue weighted by Crippen LogP contribution is 2.40. The van der Waals surface area contributed by atoms with Gasteiger partial charge in [-0.3, -0.25) is 24.6 Å². The largest absolute Gasteiger partial charge is 0.507 e. The molecule has 0 aromatic heterocycles. The van der Waals surface area contributed by atoms with Crippen LogP contribution in [-0.4, -0.2) is 77.5 Å². The number of morpholine rings is 1. The lowest BCUT2D eigenvalue weighted by molar-refractivity contribution is -0.384. The van der Waals surface area contributed by atoms with E-state index in [4.69, 9.17) is 9.47 Å². The fourth-order valence-corrected chi connectivity index (χ4v) is 4.53. The van der Waals surface area contributed by atoms with Crippen molar-refractivity contribution >= 4 is 23.1 Å². The van der Waals surface area contributed by atoms with Crippen LogP contribution < -0.4 is 4.74 Å². The fraction of sp³-hybridized carbons (Fsp3) is 0.407. The maximum Gasteiger partial charge on any atom is 0.295 e. The number of nitrogens with zero attached hydrogens (tertiary/aromatic N) is 3. The number of rotatable bonds is 10. The van der Waals surface area contributed by atoms with Gasteiger partial charge in [-0.1, -0.05) is 25.5 Å². The summed E-state index contributed by atoms with van der Waals surface area (Å²) in [4.78, 5) is 40.7. The lowest BCUT2D eigenvalue weighted by Gasteiger charge is -2.31. The van der Waals surface area contributed by atoms with Gasteiger partial charge in [-0.2, -0.15) is 0 Å². The minimum atomic E-state index is -0.883. The van der Waals surface area contributed by atoms with E-state index in [1.165, 1.54) is 29.2 Å². The molecular formula is C27H31N3O7. The van der Waals surface area contributed by atoms with E-state index in [1.807, 2.05) is 0 Å². The van der Waals surface area contributed by atoms with Crippen molar-refractivity contribution in [3.63, 3.8) is 0 Å². The van der Waals surface area contributed by atoms with Gasteiger partial charge in [0.25, 0.3) is 17.4 Å². The SMILES string of the molecule is CCCCOc1cccc(C(O)=C2C(=O)C(=O)N(CCN3CCOCC3)C2c2ccc([N+](=O)[O-])cc2)c1. The van der Waals surface area contributed by atoms with Crippen LogP contribution in [0.15, 0.2) is 54.1 Å². The number of aliphatic hydroxyl groups is 1. The number of Topliss-reactive ketones (excluding diaryl/α,β-unsaturated/α-hetero) is 1. The minimum Gasteiger partial charge on any atom is -0.507 e. The Kier molecular flexibility index (Phi) is 8.52. The Bertz CT molecular complexity index is 1170. The van der Waals surface area contributed by atoms with Gasteiger partial charge in [-0.25, -0.2) is 0 Å². The van der Waals surface area contributed by atoms with Gasteiger partial charge in [0.05, 0.1) is 36.4 Å². The van der Waals surface area contributed by atoms with Crippen molar-refractivity contribution in [1.29, 1.82) is 0 Å². The van der Waals surface area contributed by atoms with Gasteiger partial charge in [-0.05, 0) is 36.2 Å². The monoisotopic (exact) mass is 509 g/mol. The highest BCUT2D eigenvalue weighted by atomic mass is 16.6. The molecule has 37 heavy (non-hydrogen) atoms. The smallest absolute Gasteiger partial charge is 0.295 e. The van der Waals surface area contributed by atoms with Crippen molar-refractivity contribution in [1.82, 2.24) is 9.80 Å². The highest BCUT2D eigenvalue weighted by Gasteiger charge is 2.46. The topological polar surface area (TPSA) is 122 Å². The first-order chi connectivity index (χ1) is 17.9.